The summed E-state index contributed by atoms with van der Waals surface area (Å²) in [4.78, 5) is 12.8. The van der Waals surface area contributed by atoms with Gasteiger partial charge < -0.3 is 0 Å². The zero-order chi connectivity index (χ0) is 18.0. The fourth-order valence-electron chi connectivity index (χ4n) is 2.83. The van der Waals surface area contributed by atoms with E-state index in [9.17, 15) is 10.1 Å². The Kier molecular flexibility index (Phi) is 4.64. The summed E-state index contributed by atoms with van der Waals surface area (Å²) < 4.78 is 3.65. The Morgan fingerprint density at radius 1 is 1.08 bits per heavy atom. The normalized spacial score (nSPS) is 10.4. The van der Waals surface area contributed by atoms with Crippen molar-refractivity contribution in [3.63, 3.8) is 0 Å². The van der Waals surface area contributed by atoms with Crippen LogP contribution in [-0.4, -0.2) is 9.13 Å². The van der Waals surface area contributed by atoms with Crippen molar-refractivity contribution in [2.24, 2.45) is 0 Å². The van der Waals surface area contributed by atoms with Crippen LogP contribution < -0.4 is 5.56 Å². The molecule has 2 aromatic carbocycles. The average Bonchev–Trinajstić information content (AvgIpc) is 2.63. The van der Waals surface area contributed by atoms with Crippen LogP contribution in [0.3, 0.4) is 0 Å². The molecule has 0 aliphatic heterocycles. The molecule has 0 fully saturated rings. The molecular formula is C20H17N3OS. The highest BCUT2D eigenvalue weighted by Gasteiger charge is 2.19. The van der Waals surface area contributed by atoms with Gasteiger partial charge in [0.05, 0.1) is 5.69 Å². The van der Waals surface area contributed by atoms with Crippen molar-refractivity contribution >= 4 is 12.2 Å². The maximum atomic E-state index is 12.8. The Morgan fingerprint density at radius 2 is 1.72 bits per heavy atom. The van der Waals surface area contributed by atoms with Gasteiger partial charge in [0.2, 0.25) is 0 Å². The van der Waals surface area contributed by atoms with Crippen molar-refractivity contribution in [3.8, 4) is 23.0 Å². The van der Waals surface area contributed by atoms with Gasteiger partial charge in [-0.2, -0.15) is 5.26 Å². The van der Waals surface area contributed by atoms with Crippen molar-refractivity contribution in [2.45, 2.75) is 20.4 Å². The fraction of sp³-hybridized carbons (Fsp3) is 0.150. The number of aryl methyl sites for hydroxylation is 1. The topological polar surface area (TPSA) is 50.7 Å². The SMILES string of the molecule is CCn1c(=O)c(C#N)c(-c2ccc(C)cc2)n(-c2ccccc2)c1=S. The molecule has 0 aliphatic rings. The molecule has 3 aromatic rings. The standard InChI is InChI=1S/C20H17N3OS/c1-3-22-19(24)17(13-21)18(15-11-9-14(2)10-12-15)23(20(22)25)16-7-5-4-6-8-16/h4-12H,3H2,1-2H3. The minimum Gasteiger partial charge on any atom is -0.285 e. The van der Waals surface area contributed by atoms with Crippen LogP contribution >= 0.6 is 12.2 Å². The average molecular weight is 347 g/mol. The third-order valence-electron chi connectivity index (χ3n) is 4.11. The van der Waals surface area contributed by atoms with E-state index in [1.54, 1.807) is 0 Å². The number of nitrogens with zero attached hydrogens (tertiary/aromatic N) is 3. The van der Waals surface area contributed by atoms with Gasteiger partial charge in [-0.3, -0.25) is 13.9 Å². The number of benzene rings is 2. The smallest absolute Gasteiger partial charge is 0.272 e. The zero-order valence-electron chi connectivity index (χ0n) is 14.1. The zero-order valence-corrected chi connectivity index (χ0v) is 14.9. The molecule has 1 heterocycles. The number of nitriles is 1. The first-order chi connectivity index (χ1) is 12.1. The summed E-state index contributed by atoms with van der Waals surface area (Å²) in [6.45, 7) is 4.25. The number of rotatable bonds is 3. The molecule has 124 valence electrons. The summed E-state index contributed by atoms with van der Waals surface area (Å²) in [6.07, 6.45) is 0. The molecule has 0 N–H and O–H groups in total. The Morgan fingerprint density at radius 3 is 2.28 bits per heavy atom. The lowest BCUT2D eigenvalue weighted by Crippen LogP contribution is -2.28. The summed E-state index contributed by atoms with van der Waals surface area (Å²) in [6, 6.07) is 19.4. The Labute approximate surface area is 151 Å². The number of para-hydroxylation sites is 1. The van der Waals surface area contributed by atoms with E-state index >= 15 is 0 Å². The van der Waals surface area contributed by atoms with Gasteiger partial charge >= 0.3 is 0 Å². The number of hydrogen-bond acceptors (Lipinski definition) is 3. The molecule has 0 bridgehead atoms. The van der Waals surface area contributed by atoms with Crippen molar-refractivity contribution in [1.82, 2.24) is 9.13 Å². The molecular weight excluding hydrogens is 330 g/mol. The summed E-state index contributed by atoms with van der Waals surface area (Å²) in [5, 5.41) is 9.69. The molecule has 0 aliphatic carbocycles. The third kappa shape index (κ3) is 2.92. The fourth-order valence-corrected chi connectivity index (χ4v) is 3.24. The van der Waals surface area contributed by atoms with E-state index < -0.39 is 0 Å². The minimum atomic E-state index is -0.349. The molecule has 0 spiro atoms. The molecule has 1 aromatic heterocycles. The summed E-state index contributed by atoms with van der Waals surface area (Å²) in [5.74, 6) is 0. The van der Waals surface area contributed by atoms with Crippen molar-refractivity contribution in [2.75, 3.05) is 0 Å². The van der Waals surface area contributed by atoms with Crippen molar-refractivity contribution in [3.05, 3.63) is 80.8 Å². The molecule has 3 rings (SSSR count). The van der Waals surface area contributed by atoms with Crippen LogP contribution in [0.25, 0.3) is 16.9 Å². The van der Waals surface area contributed by atoms with Gasteiger partial charge in [-0.15, -0.1) is 0 Å². The third-order valence-corrected chi connectivity index (χ3v) is 4.51. The number of hydrogen-bond donors (Lipinski definition) is 0. The highest BCUT2D eigenvalue weighted by atomic mass is 32.1. The summed E-state index contributed by atoms with van der Waals surface area (Å²) >= 11 is 5.60. The summed E-state index contributed by atoms with van der Waals surface area (Å²) in [5.41, 5.74) is 3.00. The van der Waals surface area contributed by atoms with Crippen LogP contribution in [0.1, 0.15) is 18.1 Å². The van der Waals surface area contributed by atoms with Crippen LogP contribution in [0.2, 0.25) is 0 Å². The van der Waals surface area contributed by atoms with Gasteiger partial charge in [-0.05, 0) is 38.2 Å². The lowest BCUT2D eigenvalue weighted by Gasteiger charge is -2.18. The molecule has 0 saturated heterocycles. The van der Waals surface area contributed by atoms with Crippen LogP contribution in [0.5, 0.6) is 0 Å². The van der Waals surface area contributed by atoms with Crippen LogP contribution in [-0.2, 0) is 6.54 Å². The lowest BCUT2D eigenvalue weighted by molar-refractivity contribution is 0.670. The molecule has 4 nitrogen and oxygen atoms in total. The molecule has 0 atom stereocenters. The second-order valence-electron chi connectivity index (χ2n) is 5.70. The molecule has 0 saturated carbocycles. The van der Waals surface area contributed by atoms with Crippen LogP contribution in [0, 0.1) is 23.0 Å². The molecule has 5 heteroatoms. The second-order valence-corrected chi connectivity index (χ2v) is 6.07. The lowest BCUT2D eigenvalue weighted by atomic mass is 10.0. The van der Waals surface area contributed by atoms with E-state index in [1.807, 2.05) is 73.0 Å². The molecule has 0 unspecified atom stereocenters. The quantitative estimate of drug-likeness (QED) is 0.666. The van der Waals surface area contributed by atoms with Crippen LogP contribution in [0.4, 0.5) is 0 Å². The summed E-state index contributed by atoms with van der Waals surface area (Å²) in [7, 11) is 0. The van der Waals surface area contributed by atoms with Gasteiger partial charge in [-0.1, -0.05) is 48.0 Å². The van der Waals surface area contributed by atoms with E-state index in [4.69, 9.17) is 12.2 Å². The monoisotopic (exact) mass is 347 g/mol. The highest BCUT2D eigenvalue weighted by Crippen LogP contribution is 2.26. The Balaban J connectivity index is 2.51. The van der Waals surface area contributed by atoms with E-state index in [0.29, 0.717) is 17.0 Å². The van der Waals surface area contributed by atoms with E-state index in [2.05, 4.69) is 6.07 Å². The second kappa shape index (κ2) is 6.88. The molecule has 0 amide bonds. The predicted octanol–water partition coefficient (Wildman–Crippen LogP) is 4.24. The van der Waals surface area contributed by atoms with E-state index in [1.165, 1.54) is 4.57 Å². The van der Waals surface area contributed by atoms with Crippen molar-refractivity contribution in [1.29, 1.82) is 5.26 Å². The molecule has 25 heavy (non-hydrogen) atoms. The Bertz CT molecular complexity index is 1070. The molecule has 0 radical (unpaired) electrons. The van der Waals surface area contributed by atoms with Gasteiger partial charge in [0.15, 0.2) is 4.77 Å². The maximum absolute atomic E-state index is 12.8. The van der Waals surface area contributed by atoms with Gasteiger partial charge in [0.1, 0.15) is 11.6 Å². The van der Waals surface area contributed by atoms with E-state index in [0.717, 1.165) is 16.8 Å². The highest BCUT2D eigenvalue weighted by molar-refractivity contribution is 7.71. The van der Waals surface area contributed by atoms with Gasteiger partial charge in [0, 0.05) is 17.8 Å². The van der Waals surface area contributed by atoms with Gasteiger partial charge in [-0.25, -0.2) is 0 Å². The minimum absolute atomic E-state index is 0.100. The van der Waals surface area contributed by atoms with Crippen LogP contribution in [0.15, 0.2) is 59.4 Å². The first-order valence-electron chi connectivity index (χ1n) is 8.01. The number of aromatic nitrogens is 2. The first-order valence-corrected chi connectivity index (χ1v) is 8.41. The predicted molar refractivity (Wildman–Crippen MR) is 101 cm³/mol. The largest absolute Gasteiger partial charge is 0.285 e. The Hall–Kier alpha value is -2.97. The first kappa shape index (κ1) is 16.9. The van der Waals surface area contributed by atoms with E-state index in [-0.39, 0.29) is 11.1 Å². The van der Waals surface area contributed by atoms with Gasteiger partial charge in [0.25, 0.3) is 5.56 Å². The van der Waals surface area contributed by atoms with Crippen molar-refractivity contribution < 1.29 is 0 Å². The maximum Gasteiger partial charge on any atom is 0.272 e.